The molecule has 2 aliphatic rings. The second-order valence-corrected chi connectivity index (χ2v) is 7.30. The van der Waals surface area contributed by atoms with Crippen LogP contribution in [0.25, 0.3) is 0 Å². The summed E-state index contributed by atoms with van der Waals surface area (Å²) in [5, 5.41) is 0. The zero-order valence-electron chi connectivity index (χ0n) is 13.5. The van der Waals surface area contributed by atoms with Crippen molar-refractivity contribution in [1.82, 2.24) is 5.43 Å². The van der Waals surface area contributed by atoms with Crippen molar-refractivity contribution >= 4 is 0 Å². The van der Waals surface area contributed by atoms with Crippen molar-refractivity contribution in [2.75, 3.05) is 20.3 Å². The quantitative estimate of drug-likeness (QED) is 0.607. The molecule has 0 saturated carbocycles. The highest BCUT2D eigenvalue weighted by Crippen LogP contribution is 2.47. The third kappa shape index (κ3) is 2.88. The van der Waals surface area contributed by atoms with Crippen LogP contribution in [-0.2, 0) is 14.2 Å². The van der Waals surface area contributed by atoms with E-state index in [1.807, 2.05) is 0 Å². The summed E-state index contributed by atoms with van der Waals surface area (Å²) < 4.78 is 17.7. The molecule has 0 radical (unpaired) electrons. The van der Waals surface area contributed by atoms with Crippen LogP contribution in [0.2, 0.25) is 0 Å². The highest BCUT2D eigenvalue weighted by atomic mass is 16.5. The number of methoxy groups -OCH3 is 1. The van der Waals surface area contributed by atoms with Crippen LogP contribution in [-0.4, -0.2) is 43.2 Å². The maximum atomic E-state index is 6.23. The van der Waals surface area contributed by atoms with Gasteiger partial charge in [-0.3, -0.25) is 11.3 Å². The Kier molecular flexibility index (Phi) is 4.48. The fraction of sp³-hybridized carbons (Fsp3) is 1.00. The third-order valence-corrected chi connectivity index (χ3v) is 5.04. The number of hydrogen-bond donors (Lipinski definition) is 2. The number of nitrogens with two attached hydrogens (primary N) is 1. The molecule has 2 aliphatic heterocycles. The topological polar surface area (TPSA) is 65.7 Å². The van der Waals surface area contributed by atoms with E-state index in [9.17, 15) is 0 Å². The SMILES string of the molecule is COC1(C(NN)C2CC(C)(C)OC2(C)C)CCOCC1. The molecule has 0 aromatic rings. The predicted octanol–water partition coefficient (Wildman–Crippen LogP) is 1.61. The molecule has 2 atom stereocenters. The van der Waals surface area contributed by atoms with Gasteiger partial charge in [0, 0.05) is 39.1 Å². The smallest absolute Gasteiger partial charge is 0.0891 e. The summed E-state index contributed by atoms with van der Waals surface area (Å²) >= 11 is 0. The molecule has 5 nitrogen and oxygen atoms in total. The summed E-state index contributed by atoms with van der Waals surface area (Å²) in [6, 6.07) is 0.0631. The Morgan fingerprint density at radius 3 is 2.20 bits per heavy atom. The van der Waals surface area contributed by atoms with Crippen LogP contribution in [0.4, 0.5) is 0 Å². The Hall–Kier alpha value is -0.200. The van der Waals surface area contributed by atoms with Gasteiger partial charge in [0.05, 0.1) is 22.8 Å². The van der Waals surface area contributed by atoms with Gasteiger partial charge in [0.1, 0.15) is 0 Å². The molecule has 0 aromatic heterocycles. The molecular weight excluding hydrogens is 256 g/mol. The van der Waals surface area contributed by atoms with Gasteiger partial charge in [-0.2, -0.15) is 0 Å². The lowest BCUT2D eigenvalue weighted by Crippen LogP contribution is -2.62. The van der Waals surface area contributed by atoms with E-state index >= 15 is 0 Å². The zero-order valence-corrected chi connectivity index (χ0v) is 13.5. The van der Waals surface area contributed by atoms with Gasteiger partial charge in [-0.1, -0.05) is 0 Å². The molecule has 0 spiro atoms. The Bertz CT molecular complexity index is 338. The van der Waals surface area contributed by atoms with Gasteiger partial charge in [-0.15, -0.1) is 0 Å². The van der Waals surface area contributed by atoms with Gasteiger partial charge in [0.25, 0.3) is 0 Å². The summed E-state index contributed by atoms with van der Waals surface area (Å²) in [5.74, 6) is 6.23. The average molecular weight is 286 g/mol. The molecule has 0 amide bonds. The summed E-state index contributed by atoms with van der Waals surface area (Å²) in [4.78, 5) is 0. The number of hydrazine groups is 1. The molecule has 5 heteroatoms. The molecule has 0 aliphatic carbocycles. The van der Waals surface area contributed by atoms with E-state index in [2.05, 4.69) is 33.1 Å². The lowest BCUT2D eigenvalue weighted by molar-refractivity contribution is -0.137. The molecule has 3 N–H and O–H groups in total. The van der Waals surface area contributed by atoms with E-state index in [0.717, 1.165) is 32.5 Å². The first-order valence-corrected chi connectivity index (χ1v) is 7.55. The van der Waals surface area contributed by atoms with Gasteiger partial charge in [-0.25, -0.2) is 0 Å². The lowest BCUT2D eigenvalue weighted by Gasteiger charge is -2.46. The van der Waals surface area contributed by atoms with Crippen LogP contribution in [0.5, 0.6) is 0 Å². The standard InChI is InChI=1S/C15H30N2O3/c1-13(2)10-11(14(3,4)20-13)12(17-16)15(18-5)6-8-19-9-7-15/h11-12,17H,6-10,16H2,1-5H3. The van der Waals surface area contributed by atoms with Gasteiger partial charge in [0.2, 0.25) is 0 Å². The van der Waals surface area contributed by atoms with Crippen LogP contribution in [0.1, 0.15) is 47.0 Å². The second-order valence-electron chi connectivity index (χ2n) is 7.30. The molecular formula is C15H30N2O3. The fourth-order valence-corrected chi connectivity index (χ4v) is 4.12. The van der Waals surface area contributed by atoms with Gasteiger partial charge < -0.3 is 14.2 Å². The van der Waals surface area contributed by atoms with Crippen molar-refractivity contribution in [3.8, 4) is 0 Å². The average Bonchev–Trinajstić information content (AvgIpc) is 2.59. The minimum absolute atomic E-state index is 0.0631. The third-order valence-electron chi connectivity index (χ3n) is 5.04. The molecule has 2 rings (SSSR count). The van der Waals surface area contributed by atoms with Gasteiger partial charge >= 0.3 is 0 Å². The van der Waals surface area contributed by atoms with Crippen molar-refractivity contribution in [2.45, 2.75) is 69.8 Å². The largest absolute Gasteiger partial charge is 0.381 e. The maximum absolute atomic E-state index is 6.23. The van der Waals surface area contributed by atoms with Crippen molar-refractivity contribution in [1.29, 1.82) is 0 Å². The highest BCUT2D eigenvalue weighted by Gasteiger charge is 2.55. The molecule has 118 valence electrons. The number of ether oxygens (including phenoxy) is 3. The maximum Gasteiger partial charge on any atom is 0.0891 e. The summed E-state index contributed by atoms with van der Waals surface area (Å²) in [6.07, 6.45) is 2.71. The van der Waals surface area contributed by atoms with Gasteiger partial charge in [0.15, 0.2) is 0 Å². The van der Waals surface area contributed by atoms with Crippen LogP contribution in [0, 0.1) is 5.92 Å². The summed E-state index contributed by atoms with van der Waals surface area (Å²) in [7, 11) is 1.78. The minimum Gasteiger partial charge on any atom is -0.381 e. The van der Waals surface area contributed by atoms with Crippen molar-refractivity contribution in [3.63, 3.8) is 0 Å². The molecule has 2 saturated heterocycles. The minimum atomic E-state index is -0.265. The predicted molar refractivity (Wildman–Crippen MR) is 78.3 cm³/mol. The fourth-order valence-electron chi connectivity index (χ4n) is 4.12. The van der Waals surface area contributed by atoms with Crippen LogP contribution < -0.4 is 11.3 Å². The molecule has 2 fully saturated rings. The second kappa shape index (κ2) is 5.54. The molecule has 2 unspecified atom stereocenters. The Morgan fingerprint density at radius 1 is 1.20 bits per heavy atom. The normalized spacial score (nSPS) is 33.0. The Balaban J connectivity index is 2.27. The molecule has 0 aromatic carbocycles. The zero-order chi connectivity index (χ0) is 15.0. The molecule has 20 heavy (non-hydrogen) atoms. The molecule has 2 heterocycles. The number of hydrogen-bond acceptors (Lipinski definition) is 5. The summed E-state index contributed by atoms with van der Waals surface area (Å²) in [6.45, 7) is 10.0. The highest BCUT2D eigenvalue weighted by molar-refractivity contribution is 5.06. The van der Waals surface area contributed by atoms with Crippen LogP contribution in [0.3, 0.4) is 0 Å². The Morgan fingerprint density at radius 2 is 1.80 bits per heavy atom. The van der Waals surface area contributed by atoms with E-state index in [-0.39, 0.29) is 22.8 Å². The van der Waals surface area contributed by atoms with E-state index in [0.29, 0.717) is 5.92 Å². The van der Waals surface area contributed by atoms with E-state index < -0.39 is 0 Å². The van der Waals surface area contributed by atoms with E-state index in [1.165, 1.54) is 0 Å². The summed E-state index contributed by atoms with van der Waals surface area (Å²) in [5.41, 5.74) is 2.43. The van der Waals surface area contributed by atoms with Crippen LogP contribution >= 0.6 is 0 Å². The first-order valence-electron chi connectivity index (χ1n) is 7.55. The van der Waals surface area contributed by atoms with Crippen LogP contribution in [0.15, 0.2) is 0 Å². The monoisotopic (exact) mass is 286 g/mol. The molecule has 0 bridgehead atoms. The van der Waals surface area contributed by atoms with Crippen molar-refractivity contribution in [2.24, 2.45) is 11.8 Å². The lowest BCUT2D eigenvalue weighted by atomic mass is 9.72. The van der Waals surface area contributed by atoms with E-state index in [4.69, 9.17) is 20.1 Å². The first kappa shape index (κ1) is 16.2. The van der Waals surface area contributed by atoms with E-state index in [1.54, 1.807) is 7.11 Å². The van der Waals surface area contributed by atoms with Gasteiger partial charge in [-0.05, 0) is 34.1 Å². The first-order chi connectivity index (χ1) is 9.26. The van der Waals surface area contributed by atoms with Crippen molar-refractivity contribution in [3.05, 3.63) is 0 Å². The van der Waals surface area contributed by atoms with Crippen molar-refractivity contribution < 1.29 is 14.2 Å². The number of rotatable bonds is 4. The number of nitrogens with one attached hydrogen (secondary N) is 1. The Labute approximate surface area is 122 Å².